The Bertz CT molecular complexity index is 566. The molecule has 0 heterocycles. The highest BCUT2D eigenvalue weighted by atomic mass is 16.3. The first-order chi connectivity index (χ1) is 10.2. The lowest BCUT2D eigenvalue weighted by Gasteiger charge is -2.21. The molecule has 0 bridgehead atoms. The standard InChI is InChI=1S/C19H25NO/c1-3-4-5-8-15-10-11-17(19(21)18(15)13-20)16-9-6-7-14(2)12-16/h10-12,16,21H,3-9H2,1-2H3. The van der Waals surface area contributed by atoms with E-state index >= 15 is 0 Å². The lowest BCUT2D eigenvalue weighted by Crippen LogP contribution is -2.04. The molecule has 2 rings (SSSR count). The zero-order valence-electron chi connectivity index (χ0n) is 13.2. The molecule has 1 unspecified atom stereocenters. The largest absolute Gasteiger partial charge is 0.506 e. The zero-order chi connectivity index (χ0) is 15.2. The van der Waals surface area contributed by atoms with E-state index in [2.05, 4.69) is 26.0 Å². The van der Waals surface area contributed by atoms with Gasteiger partial charge >= 0.3 is 0 Å². The number of hydrogen-bond acceptors (Lipinski definition) is 2. The number of rotatable bonds is 5. The number of nitriles is 1. The average molecular weight is 283 g/mol. The summed E-state index contributed by atoms with van der Waals surface area (Å²) in [4.78, 5) is 0. The van der Waals surface area contributed by atoms with Crippen LogP contribution in [-0.4, -0.2) is 5.11 Å². The number of unbranched alkanes of at least 4 members (excludes halogenated alkanes) is 2. The van der Waals surface area contributed by atoms with Gasteiger partial charge in [-0.1, -0.05) is 43.5 Å². The van der Waals surface area contributed by atoms with Gasteiger partial charge in [0.15, 0.2) is 0 Å². The molecule has 0 fully saturated rings. The lowest BCUT2D eigenvalue weighted by atomic mass is 9.84. The molecule has 0 saturated heterocycles. The molecule has 1 aliphatic carbocycles. The summed E-state index contributed by atoms with van der Waals surface area (Å²) in [5, 5.41) is 19.9. The van der Waals surface area contributed by atoms with Gasteiger partial charge in [0.2, 0.25) is 0 Å². The van der Waals surface area contributed by atoms with E-state index in [1.807, 2.05) is 12.1 Å². The summed E-state index contributed by atoms with van der Waals surface area (Å²) >= 11 is 0. The SMILES string of the molecule is CCCCCc1ccc(C2C=C(C)CCC2)c(O)c1C#N. The van der Waals surface area contributed by atoms with Crippen molar-refractivity contribution < 1.29 is 5.11 Å². The fraction of sp³-hybridized carbons (Fsp3) is 0.526. The lowest BCUT2D eigenvalue weighted by molar-refractivity contribution is 0.458. The molecule has 0 aromatic heterocycles. The van der Waals surface area contributed by atoms with Crippen LogP contribution in [0.1, 0.15) is 75.0 Å². The van der Waals surface area contributed by atoms with Crippen LogP contribution in [0.3, 0.4) is 0 Å². The molecule has 0 amide bonds. The summed E-state index contributed by atoms with van der Waals surface area (Å²) in [6.45, 7) is 4.32. The van der Waals surface area contributed by atoms with Gasteiger partial charge in [0, 0.05) is 11.5 Å². The summed E-state index contributed by atoms with van der Waals surface area (Å²) in [6, 6.07) is 6.28. The summed E-state index contributed by atoms with van der Waals surface area (Å²) < 4.78 is 0. The normalized spacial score (nSPS) is 18.1. The minimum Gasteiger partial charge on any atom is -0.506 e. The highest BCUT2D eigenvalue weighted by Gasteiger charge is 2.20. The number of aromatic hydroxyl groups is 1. The van der Waals surface area contributed by atoms with Crippen molar-refractivity contribution in [2.75, 3.05) is 0 Å². The van der Waals surface area contributed by atoms with Gasteiger partial charge in [-0.2, -0.15) is 5.26 Å². The van der Waals surface area contributed by atoms with E-state index in [1.165, 1.54) is 5.57 Å². The molecule has 0 radical (unpaired) electrons. The van der Waals surface area contributed by atoms with Crippen LogP contribution in [0.15, 0.2) is 23.8 Å². The predicted molar refractivity (Wildman–Crippen MR) is 86.4 cm³/mol. The van der Waals surface area contributed by atoms with Gasteiger partial charge in [0.25, 0.3) is 0 Å². The first-order valence-electron chi connectivity index (χ1n) is 8.09. The molecule has 1 N–H and O–H groups in total. The molecule has 21 heavy (non-hydrogen) atoms. The number of aryl methyl sites for hydroxylation is 1. The quantitative estimate of drug-likeness (QED) is 0.595. The summed E-state index contributed by atoms with van der Waals surface area (Å²) in [6.07, 6.45) is 9.90. The van der Waals surface area contributed by atoms with E-state index in [1.54, 1.807) is 0 Å². The van der Waals surface area contributed by atoms with Crippen LogP contribution in [0.2, 0.25) is 0 Å². The Morgan fingerprint density at radius 1 is 1.33 bits per heavy atom. The Morgan fingerprint density at radius 3 is 2.81 bits per heavy atom. The predicted octanol–water partition coefficient (Wildman–Crippen LogP) is 5.21. The smallest absolute Gasteiger partial charge is 0.137 e. The van der Waals surface area contributed by atoms with Crippen molar-refractivity contribution >= 4 is 0 Å². The highest BCUT2D eigenvalue weighted by molar-refractivity contribution is 5.54. The van der Waals surface area contributed by atoms with E-state index in [9.17, 15) is 10.4 Å². The molecule has 1 aromatic rings. The number of hydrogen-bond donors (Lipinski definition) is 1. The number of phenols is 1. The molecule has 112 valence electrons. The topological polar surface area (TPSA) is 44.0 Å². The van der Waals surface area contributed by atoms with Crippen LogP contribution in [0, 0.1) is 11.3 Å². The third-order valence-electron chi connectivity index (χ3n) is 4.43. The van der Waals surface area contributed by atoms with Gasteiger partial charge in [0.1, 0.15) is 11.8 Å². The van der Waals surface area contributed by atoms with Gasteiger partial charge < -0.3 is 5.11 Å². The van der Waals surface area contributed by atoms with Gasteiger partial charge in [-0.3, -0.25) is 0 Å². The van der Waals surface area contributed by atoms with Crippen LogP contribution in [-0.2, 0) is 6.42 Å². The zero-order valence-corrected chi connectivity index (χ0v) is 13.2. The van der Waals surface area contributed by atoms with Crippen molar-refractivity contribution in [2.45, 2.75) is 64.7 Å². The van der Waals surface area contributed by atoms with Crippen LogP contribution in [0.4, 0.5) is 0 Å². The maximum Gasteiger partial charge on any atom is 0.137 e. The number of allylic oxidation sites excluding steroid dienone is 2. The average Bonchev–Trinajstić information content (AvgIpc) is 2.48. The molecular formula is C19H25NO. The van der Waals surface area contributed by atoms with E-state index in [4.69, 9.17) is 0 Å². The molecule has 1 aliphatic rings. The molecule has 0 saturated carbocycles. The fourth-order valence-electron chi connectivity index (χ4n) is 3.20. The Balaban J connectivity index is 2.29. The van der Waals surface area contributed by atoms with Crippen molar-refractivity contribution in [1.29, 1.82) is 5.26 Å². The van der Waals surface area contributed by atoms with Crippen molar-refractivity contribution in [3.05, 3.63) is 40.5 Å². The van der Waals surface area contributed by atoms with Crippen LogP contribution < -0.4 is 0 Å². The van der Waals surface area contributed by atoms with Crippen molar-refractivity contribution in [2.24, 2.45) is 0 Å². The van der Waals surface area contributed by atoms with Crippen molar-refractivity contribution in [1.82, 2.24) is 0 Å². The molecule has 1 aromatic carbocycles. The summed E-state index contributed by atoms with van der Waals surface area (Å²) in [5.41, 5.74) is 3.78. The van der Waals surface area contributed by atoms with Crippen LogP contribution >= 0.6 is 0 Å². The third-order valence-corrected chi connectivity index (χ3v) is 4.43. The second-order valence-electron chi connectivity index (χ2n) is 6.12. The number of nitrogens with zero attached hydrogens (tertiary/aromatic N) is 1. The molecule has 1 atom stereocenters. The van der Waals surface area contributed by atoms with Gasteiger partial charge in [0.05, 0.1) is 5.56 Å². The van der Waals surface area contributed by atoms with Gasteiger partial charge in [-0.05, 0) is 44.6 Å². The Morgan fingerprint density at radius 2 is 2.14 bits per heavy atom. The van der Waals surface area contributed by atoms with E-state index in [-0.39, 0.29) is 11.7 Å². The number of phenolic OH excluding ortho intramolecular Hbond substituents is 1. The third kappa shape index (κ3) is 3.67. The van der Waals surface area contributed by atoms with Crippen molar-refractivity contribution in [3.63, 3.8) is 0 Å². The Hall–Kier alpha value is -1.75. The fourth-order valence-corrected chi connectivity index (χ4v) is 3.20. The molecule has 2 nitrogen and oxygen atoms in total. The van der Waals surface area contributed by atoms with E-state index < -0.39 is 0 Å². The summed E-state index contributed by atoms with van der Waals surface area (Å²) in [5.74, 6) is 0.470. The minimum absolute atomic E-state index is 0.211. The Kier molecular flexibility index (Phi) is 5.44. The second-order valence-corrected chi connectivity index (χ2v) is 6.12. The molecule has 2 heteroatoms. The van der Waals surface area contributed by atoms with Crippen LogP contribution in [0.5, 0.6) is 5.75 Å². The molecular weight excluding hydrogens is 258 g/mol. The van der Waals surface area contributed by atoms with Gasteiger partial charge in [-0.25, -0.2) is 0 Å². The first-order valence-corrected chi connectivity index (χ1v) is 8.09. The second kappa shape index (κ2) is 7.31. The van der Waals surface area contributed by atoms with Crippen LogP contribution in [0.25, 0.3) is 0 Å². The van der Waals surface area contributed by atoms with Crippen molar-refractivity contribution in [3.8, 4) is 11.8 Å². The first kappa shape index (κ1) is 15.6. The maximum atomic E-state index is 10.5. The van der Waals surface area contributed by atoms with Gasteiger partial charge in [-0.15, -0.1) is 0 Å². The number of benzene rings is 1. The maximum absolute atomic E-state index is 10.5. The highest BCUT2D eigenvalue weighted by Crippen LogP contribution is 2.38. The molecule has 0 spiro atoms. The van der Waals surface area contributed by atoms with E-state index in [0.29, 0.717) is 5.56 Å². The summed E-state index contributed by atoms with van der Waals surface area (Å²) in [7, 11) is 0. The van der Waals surface area contributed by atoms with E-state index in [0.717, 1.165) is 56.1 Å². The Labute approximate surface area is 128 Å². The monoisotopic (exact) mass is 283 g/mol. The molecule has 0 aliphatic heterocycles. The minimum atomic E-state index is 0.211.